The maximum absolute atomic E-state index is 13.7. The minimum Gasteiger partial charge on any atom is -0.308 e. The van der Waals surface area contributed by atoms with Gasteiger partial charge in [-0.3, -0.25) is 9.69 Å². The van der Waals surface area contributed by atoms with Crippen LogP contribution in [0, 0.1) is 18.7 Å². The number of anilines is 1. The van der Waals surface area contributed by atoms with Crippen LogP contribution in [0.25, 0.3) is 10.2 Å². The fraction of sp³-hybridized carbons (Fsp3) is 0.417. The van der Waals surface area contributed by atoms with Crippen LogP contribution in [0.3, 0.4) is 0 Å². The van der Waals surface area contributed by atoms with Crippen molar-refractivity contribution in [3.8, 4) is 0 Å². The van der Waals surface area contributed by atoms with Gasteiger partial charge in [-0.15, -0.1) is 0 Å². The molecule has 4 rings (SSSR count). The quantitative estimate of drug-likeness (QED) is 0.446. The van der Waals surface area contributed by atoms with E-state index in [1.165, 1.54) is 27.8 Å². The van der Waals surface area contributed by atoms with Gasteiger partial charge in [-0.1, -0.05) is 29.0 Å². The average molecular weight is 539 g/mol. The highest BCUT2D eigenvalue weighted by Gasteiger charge is 2.35. The Kier molecular flexibility index (Phi) is 7.77. The molecule has 2 aromatic carbocycles. The van der Waals surface area contributed by atoms with E-state index in [0.717, 1.165) is 27.9 Å². The summed E-state index contributed by atoms with van der Waals surface area (Å²) in [6.45, 7) is 3.54. The minimum absolute atomic E-state index is 0.0537. The number of likely N-dealkylation sites (N-methyl/N-ethyl adjacent to an activating group) is 1. The molecule has 0 bridgehead atoms. The standard InChI is InChI=1S/C24H28ClFN4O3S2/c1-16-4-9-20(25)22-21(16)27-24(34-22)30(15-14-28(2)3)23(31)17-10-12-29(13-11-17)35(32,33)19-7-5-18(26)6-8-19/h4-9,17H,10-15H2,1-3H3. The van der Waals surface area contributed by atoms with E-state index in [0.29, 0.717) is 36.1 Å². The molecule has 0 spiro atoms. The van der Waals surface area contributed by atoms with Crippen LogP contribution in [0.1, 0.15) is 18.4 Å². The van der Waals surface area contributed by atoms with Crippen LogP contribution in [0.5, 0.6) is 0 Å². The monoisotopic (exact) mass is 538 g/mol. The number of carbonyl (C=O) groups is 1. The molecule has 0 radical (unpaired) electrons. The number of carbonyl (C=O) groups excluding carboxylic acids is 1. The summed E-state index contributed by atoms with van der Waals surface area (Å²) in [5.74, 6) is -0.865. The largest absolute Gasteiger partial charge is 0.308 e. The Morgan fingerprint density at radius 3 is 2.40 bits per heavy atom. The van der Waals surface area contributed by atoms with Crippen molar-refractivity contribution >= 4 is 54.2 Å². The number of nitrogens with zero attached hydrogens (tertiary/aromatic N) is 4. The number of piperidine rings is 1. The van der Waals surface area contributed by atoms with Gasteiger partial charge < -0.3 is 4.90 Å². The maximum atomic E-state index is 13.7. The zero-order valence-electron chi connectivity index (χ0n) is 19.9. The number of rotatable bonds is 7. The van der Waals surface area contributed by atoms with E-state index in [1.807, 2.05) is 38.1 Å². The highest BCUT2D eigenvalue weighted by Crippen LogP contribution is 2.37. The molecule has 1 fully saturated rings. The number of halogens is 2. The van der Waals surface area contributed by atoms with E-state index in [1.54, 1.807) is 4.90 Å². The van der Waals surface area contributed by atoms with Crippen molar-refractivity contribution in [1.82, 2.24) is 14.2 Å². The average Bonchev–Trinajstić information content (AvgIpc) is 3.28. The topological polar surface area (TPSA) is 73.8 Å². The molecule has 7 nitrogen and oxygen atoms in total. The van der Waals surface area contributed by atoms with Crippen LogP contribution in [-0.2, 0) is 14.8 Å². The molecule has 1 saturated heterocycles. The molecule has 3 aromatic rings. The van der Waals surface area contributed by atoms with Gasteiger partial charge in [-0.2, -0.15) is 4.31 Å². The number of hydrogen-bond donors (Lipinski definition) is 0. The van der Waals surface area contributed by atoms with Crippen molar-refractivity contribution in [3.63, 3.8) is 0 Å². The number of amides is 1. The summed E-state index contributed by atoms with van der Waals surface area (Å²) in [6.07, 6.45) is 0.810. The molecule has 1 aliphatic rings. The van der Waals surface area contributed by atoms with Gasteiger partial charge in [0.15, 0.2) is 5.13 Å². The number of aromatic nitrogens is 1. The molecule has 1 aromatic heterocycles. The molecular weight excluding hydrogens is 511 g/mol. The predicted molar refractivity (Wildman–Crippen MR) is 138 cm³/mol. The van der Waals surface area contributed by atoms with Crippen molar-refractivity contribution in [2.24, 2.45) is 5.92 Å². The van der Waals surface area contributed by atoms with Crippen LogP contribution < -0.4 is 4.90 Å². The van der Waals surface area contributed by atoms with Gasteiger partial charge in [-0.25, -0.2) is 17.8 Å². The van der Waals surface area contributed by atoms with E-state index >= 15 is 0 Å². The van der Waals surface area contributed by atoms with E-state index < -0.39 is 15.8 Å². The van der Waals surface area contributed by atoms with E-state index in [2.05, 4.69) is 0 Å². The number of aryl methyl sites for hydroxylation is 1. The lowest BCUT2D eigenvalue weighted by Crippen LogP contribution is -2.46. The van der Waals surface area contributed by atoms with Gasteiger partial charge in [0, 0.05) is 32.1 Å². The van der Waals surface area contributed by atoms with E-state index in [-0.39, 0.29) is 29.8 Å². The first kappa shape index (κ1) is 26.0. The fourth-order valence-corrected chi connectivity index (χ4v) is 6.94. The molecular formula is C24H28ClFN4O3S2. The third-order valence-corrected chi connectivity index (χ3v) is 9.66. The Labute approximate surface area is 214 Å². The second-order valence-corrected chi connectivity index (χ2v) is 12.3. The molecule has 1 amide bonds. The molecule has 188 valence electrons. The number of thiazole rings is 1. The van der Waals surface area contributed by atoms with Crippen LogP contribution >= 0.6 is 22.9 Å². The number of fused-ring (bicyclic) bond motifs is 1. The van der Waals surface area contributed by atoms with Gasteiger partial charge in [0.25, 0.3) is 0 Å². The molecule has 11 heteroatoms. The van der Waals surface area contributed by atoms with E-state index in [9.17, 15) is 17.6 Å². The summed E-state index contributed by atoms with van der Waals surface area (Å²) in [5, 5.41) is 1.21. The summed E-state index contributed by atoms with van der Waals surface area (Å²) in [4.78, 5) is 22.2. The molecule has 0 N–H and O–H groups in total. The number of hydrogen-bond acceptors (Lipinski definition) is 6. The fourth-order valence-electron chi connectivity index (χ4n) is 4.13. The van der Waals surface area contributed by atoms with Crippen molar-refractivity contribution in [2.75, 3.05) is 45.2 Å². The first-order valence-corrected chi connectivity index (χ1v) is 14.0. The first-order valence-electron chi connectivity index (χ1n) is 11.4. The molecule has 35 heavy (non-hydrogen) atoms. The zero-order valence-corrected chi connectivity index (χ0v) is 22.3. The first-order chi connectivity index (χ1) is 16.6. The van der Waals surface area contributed by atoms with Crippen LogP contribution in [0.2, 0.25) is 5.02 Å². The van der Waals surface area contributed by atoms with Gasteiger partial charge in [0.1, 0.15) is 5.82 Å². The Morgan fingerprint density at radius 2 is 1.80 bits per heavy atom. The molecule has 0 atom stereocenters. The normalized spacial score (nSPS) is 15.7. The summed E-state index contributed by atoms with van der Waals surface area (Å²) >= 11 is 7.80. The van der Waals surface area contributed by atoms with Crippen LogP contribution in [-0.4, -0.2) is 68.8 Å². The molecule has 0 saturated carbocycles. The summed E-state index contributed by atoms with van der Waals surface area (Å²) in [7, 11) is 0.152. The SMILES string of the molecule is Cc1ccc(Cl)c2sc(N(CCN(C)C)C(=O)C3CCN(S(=O)(=O)c4ccc(F)cc4)CC3)nc12. The van der Waals surface area contributed by atoms with Crippen molar-refractivity contribution < 1.29 is 17.6 Å². The second kappa shape index (κ2) is 10.5. The zero-order chi connectivity index (χ0) is 25.3. The van der Waals surface area contributed by atoms with Gasteiger partial charge >= 0.3 is 0 Å². The predicted octanol–water partition coefficient (Wildman–Crippen LogP) is 4.39. The second-order valence-electron chi connectivity index (χ2n) is 8.96. The summed E-state index contributed by atoms with van der Waals surface area (Å²) in [6, 6.07) is 8.56. The molecule has 0 aliphatic carbocycles. The molecule has 2 heterocycles. The van der Waals surface area contributed by atoms with Crippen molar-refractivity contribution in [2.45, 2.75) is 24.7 Å². The third kappa shape index (κ3) is 5.51. The Morgan fingerprint density at radius 1 is 1.14 bits per heavy atom. The summed E-state index contributed by atoms with van der Waals surface area (Å²) < 4.78 is 41.4. The third-order valence-electron chi connectivity index (χ3n) is 6.21. The lowest BCUT2D eigenvalue weighted by Gasteiger charge is -2.33. The van der Waals surface area contributed by atoms with E-state index in [4.69, 9.17) is 16.6 Å². The summed E-state index contributed by atoms with van der Waals surface area (Å²) in [5.41, 5.74) is 1.78. The van der Waals surface area contributed by atoms with Crippen LogP contribution in [0.4, 0.5) is 9.52 Å². The van der Waals surface area contributed by atoms with Gasteiger partial charge in [0.2, 0.25) is 15.9 Å². The smallest absolute Gasteiger partial charge is 0.243 e. The maximum Gasteiger partial charge on any atom is 0.243 e. The highest BCUT2D eigenvalue weighted by molar-refractivity contribution is 7.89. The Bertz CT molecular complexity index is 1280. The van der Waals surface area contributed by atoms with Gasteiger partial charge in [0.05, 0.1) is 20.1 Å². The Balaban J connectivity index is 1.53. The Hall–Kier alpha value is -2.11. The number of sulfonamides is 1. The number of benzene rings is 2. The lowest BCUT2D eigenvalue weighted by molar-refractivity contribution is -0.123. The van der Waals surface area contributed by atoms with Gasteiger partial charge in [-0.05, 0) is 69.8 Å². The van der Waals surface area contributed by atoms with Crippen LogP contribution in [0.15, 0.2) is 41.3 Å². The lowest BCUT2D eigenvalue weighted by atomic mass is 9.96. The highest BCUT2D eigenvalue weighted by atomic mass is 35.5. The van der Waals surface area contributed by atoms with Crippen molar-refractivity contribution in [3.05, 3.63) is 52.8 Å². The molecule has 1 aliphatic heterocycles. The molecule has 0 unspecified atom stereocenters. The van der Waals surface area contributed by atoms with Crippen molar-refractivity contribution in [1.29, 1.82) is 0 Å². The minimum atomic E-state index is -3.74.